The van der Waals surface area contributed by atoms with Crippen molar-refractivity contribution in [1.29, 1.82) is 0 Å². The molecule has 0 bridgehead atoms. The van der Waals surface area contributed by atoms with Crippen molar-refractivity contribution in [2.45, 2.75) is 34.1 Å². The van der Waals surface area contributed by atoms with Gasteiger partial charge < -0.3 is 9.84 Å². The standard InChI is InChI=1S/C15H22O3/c1-10(2)14(15(16)17)7-8-18-13-6-5-11(3)12(4)9-13/h5-6,9-10,14H,7-8H2,1-4H3,(H,16,17). The van der Waals surface area contributed by atoms with Crippen LogP contribution in [0, 0.1) is 25.7 Å². The van der Waals surface area contributed by atoms with E-state index in [1.165, 1.54) is 11.1 Å². The van der Waals surface area contributed by atoms with Crippen LogP contribution in [0.4, 0.5) is 0 Å². The number of carboxylic acids is 1. The van der Waals surface area contributed by atoms with Crippen LogP contribution in [0.3, 0.4) is 0 Å². The fourth-order valence-corrected chi connectivity index (χ4v) is 1.85. The van der Waals surface area contributed by atoms with E-state index in [-0.39, 0.29) is 11.8 Å². The Labute approximate surface area is 109 Å². The summed E-state index contributed by atoms with van der Waals surface area (Å²) in [7, 11) is 0. The van der Waals surface area contributed by atoms with Crippen LogP contribution < -0.4 is 4.74 Å². The van der Waals surface area contributed by atoms with Gasteiger partial charge in [-0.05, 0) is 49.4 Å². The highest BCUT2D eigenvalue weighted by molar-refractivity contribution is 5.70. The van der Waals surface area contributed by atoms with Gasteiger partial charge in [-0.3, -0.25) is 4.79 Å². The molecule has 1 aromatic carbocycles. The summed E-state index contributed by atoms with van der Waals surface area (Å²) < 4.78 is 5.61. The predicted octanol–water partition coefficient (Wildman–Crippen LogP) is 3.43. The lowest BCUT2D eigenvalue weighted by Gasteiger charge is -2.16. The molecule has 1 aromatic rings. The molecule has 0 saturated carbocycles. The number of carboxylic acid groups (broad SMARTS) is 1. The molecule has 0 radical (unpaired) electrons. The highest BCUT2D eigenvalue weighted by Crippen LogP contribution is 2.19. The van der Waals surface area contributed by atoms with Gasteiger partial charge >= 0.3 is 5.97 Å². The van der Waals surface area contributed by atoms with Crippen LogP contribution in [0.5, 0.6) is 5.75 Å². The number of hydrogen-bond donors (Lipinski definition) is 1. The molecule has 1 rings (SSSR count). The normalized spacial score (nSPS) is 12.5. The van der Waals surface area contributed by atoms with E-state index < -0.39 is 5.97 Å². The zero-order valence-electron chi connectivity index (χ0n) is 11.6. The smallest absolute Gasteiger partial charge is 0.306 e. The largest absolute Gasteiger partial charge is 0.494 e. The lowest BCUT2D eigenvalue weighted by atomic mass is 9.93. The summed E-state index contributed by atoms with van der Waals surface area (Å²) >= 11 is 0. The van der Waals surface area contributed by atoms with E-state index >= 15 is 0 Å². The Morgan fingerprint density at radius 2 is 1.94 bits per heavy atom. The van der Waals surface area contributed by atoms with Crippen LogP contribution in [-0.4, -0.2) is 17.7 Å². The molecule has 1 N–H and O–H groups in total. The maximum atomic E-state index is 11.0. The number of rotatable bonds is 6. The van der Waals surface area contributed by atoms with Crippen molar-refractivity contribution in [3.63, 3.8) is 0 Å². The van der Waals surface area contributed by atoms with E-state index in [4.69, 9.17) is 9.84 Å². The number of carbonyl (C=O) groups is 1. The molecule has 0 aliphatic carbocycles. The Balaban J connectivity index is 2.50. The molecule has 0 aromatic heterocycles. The number of ether oxygens (including phenoxy) is 1. The van der Waals surface area contributed by atoms with Crippen molar-refractivity contribution in [1.82, 2.24) is 0 Å². The Morgan fingerprint density at radius 3 is 2.44 bits per heavy atom. The lowest BCUT2D eigenvalue weighted by molar-refractivity contribution is -0.143. The van der Waals surface area contributed by atoms with Gasteiger partial charge in [0.05, 0.1) is 12.5 Å². The van der Waals surface area contributed by atoms with Gasteiger partial charge in [-0.15, -0.1) is 0 Å². The van der Waals surface area contributed by atoms with Gasteiger partial charge in [0.1, 0.15) is 5.75 Å². The topological polar surface area (TPSA) is 46.5 Å². The summed E-state index contributed by atoms with van der Waals surface area (Å²) in [4.78, 5) is 11.0. The molecular formula is C15H22O3. The maximum absolute atomic E-state index is 11.0. The van der Waals surface area contributed by atoms with Crippen LogP contribution in [-0.2, 0) is 4.79 Å². The second kappa shape index (κ2) is 6.43. The molecule has 0 fully saturated rings. The first-order valence-corrected chi connectivity index (χ1v) is 6.34. The molecule has 1 unspecified atom stereocenters. The molecule has 0 heterocycles. The summed E-state index contributed by atoms with van der Waals surface area (Å²) in [5.74, 6) is -0.137. The molecule has 3 heteroatoms. The van der Waals surface area contributed by atoms with Gasteiger partial charge in [-0.2, -0.15) is 0 Å². The number of aliphatic carboxylic acids is 1. The first-order valence-electron chi connectivity index (χ1n) is 6.34. The van der Waals surface area contributed by atoms with Crippen molar-refractivity contribution in [3.8, 4) is 5.75 Å². The first-order chi connectivity index (χ1) is 8.41. The second-order valence-electron chi connectivity index (χ2n) is 5.07. The highest BCUT2D eigenvalue weighted by Gasteiger charge is 2.21. The second-order valence-corrected chi connectivity index (χ2v) is 5.07. The molecule has 3 nitrogen and oxygen atoms in total. The lowest BCUT2D eigenvalue weighted by Crippen LogP contribution is -2.22. The van der Waals surface area contributed by atoms with Crippen LogP contribution in [0.1, 0.15) is 31.4 Å². The third kappa shape index (κ3) is 4.06. The Bertz CT molecular complexity index is 410. The molecule has 0 spiro atoms. The number of hydrogen-bond acceptors (Lipinski definition) is 2. The van der Waals surface area contributed by atoms with Crippen LogP contribution in [0.15, 0.2) is 18.2 Å². The van der Waals surface area contributed by atoms with Crippen LogP contribution in [0.25, 0.3) is 0 Å². The average molecular weight is 250 g/mol. The molecule has 18 heavy (non-hydrogen) atoms. The minimum Gasteiger partial charge on any atom is -0.494 e. The monoisotopic (exact) mass is 250 g/mol. The van der Waals surface area contributed by atoms with Gasteiger partial charge in [-0.25, -0.2) is 0 Å². The minimum absolute atomic E-state index is 0.130. The fraction of sp³-hybridized carbons (Fsp3) is 0.533. The molecule has 100 valence electrons. The van der Waals surface area contributed by atoms with E-state index in [9.17, 15) is 4.79 Å². The molecule has 0 saturated heterocycles. The van der Waals surface area contributed by atoms with E-state index in [0.29, 0.717) is 13.0 Å². The maximum Gasteiger partial charge on any atom is 0.306 e. The van der Waals surface area contributed by atoms with Crippen molar-refractivity contribution < 1.29 is 14.6 Å². The van der Waals surface area contributed by atoms with E-state index in [0.717, 1.165) is 5.75 Å². The minimum atomic E-state index is -0.742. The quantitative estimate of drug-likeness (QED) is 0.841. The Hall–Kier alpha value is -1.51. The van der Waals surface area contributed by atoms with Gasteiger partial charge in [0, 0.05) is 0 Å². The summed E-state index contributed by atoms with van der Waals surface area (Å²) in [5.41, 5.74) is 2.42. The summed E-state index contributed by atoms with van der Waals surface area (Å²) in [6.07, 6.45) is 0.542. The molecule has 0 aliphatic heterocycles. The van der Waals surface area contributed by atoms with E-state index in [2.05, 4.69) is 6.92 Å². The predicted molar refractivity (Wildman–Crippen MR) is 72.0 cm³/mol. The average Bonchev–Trinajstić information content (AvgIpc) is 2.28. The van der Waals surface area contributed by atoms with Crippen LogP contribution in [0.2, 0.25) is 0 Å². The van der Waals surface area contributed by atoms with Crippen LogP contribution >= 0.6 is 0 Å². The van der Waals surface area contributed by atoms with E-state index in [1.807, 2.05) is 39.0 Å². The third-order valence-corrected chi connectivity index (χ3v) is 3.30. The number of benzene rings is 1. The van der Waals surface area contributed by atoms with Crippen molar-refractivity contribution in [2.24, 2.45) is 11.8 Å². The Kier molecular flexibility index (Phi) is 5.20. The summed E-state index contributed by atoms with van der Waals surface area (Å²) in [6.45, 7) is 8.38. The molecular weight excluding hydrogens is 228 g/mol. The van der Waals surface area contributed by atoms with Gasteiger partial charge in [0.15, 0.2) is 0 Å². The Morgan fingerprint density at radius 1 is 1.28 bits per heavy atom. The van der Waals surface area contributed by atoms with Gasteiger partial charge in [0.2, 0.25) is 0 Å². The zero-order valence-corrected chi connectivity index (χ0v) is 11.6. The third-order valence-electron chi connectivity index (χ3n) is 3.30. The fourth-order valence-electron chi connectivity index (χ4n) is 1.85. The van der Waals surface area contributed by atoms with Crippen molar-refractivity contribution in [3.05, 3.63) is 29.3 Å². The molecule has 1 atom stereocenters. The zero-order chi connectivity index (χ0) is 13.7. The first kappa shape index (κ1) is 14.6. The van der Waals surface area contributed by atoms with Crippen molar-refractivity contribution in [2.75, 3.05) is 6.61 Å². The van der Waals surface area contributed by atoms with Crippen molar-refractivity contribution >= 4 is 5.97 Å². The van der Waals surface area contributed by atoms with Gasteiger partial charge in [-0.1, -0.05) is 19.9 Å². The molecule has 0 amide bonds. The van der Waals surface area contributed by atoms with E-state index in [1.54, 1.807) is 0 Å². The number of aryl methyl sites for hydroxylation is 2. The SMILES string of the molecule is Cc1ccc(OCCC(C(=O)O)C(C)C)cc1C. The highest BCUT2D eigenvalue weighted by atomic mass is 16.5. The van der Waals surface area contributed by atoms with Gasteiger partial charge in [0.25, 0.3) is 0 Å². The summed E-state index contributed by atoms with van der Waals surface area (Å²) in [6, 6.07) is 5.93. The summed E-state index contributed by atoms with van der Waals surface area (Å²) in [5, 5.41) is 9.07. The molecule has 0 aliphatic rings.